The van der Waals surface area contributed by atoms with Crippen molar-refractivity contribution in [3.05, 3.63) is 29.8 Å². The van der Waals surface area contributed by atoms with Crippen LogP contribution in [0.5, 0.6) is 0 Å². The predicted octanol–water partition coefficient (Wildman–Crippen LogP) is 2.28. The summed E-state index contributed by atoms with van der Waals surface area (Å²) < 4.78 is 0. The summed E-state index contributed by atoms with van der Waals surface area (Å²) in [6.45, 7) is 3.07. The molecular weight excluding hydrogens is 310 g/mol. The van der Waals surface area contributed by atoms with Gasteiger partial charge >= 0.3 is 6.03 Å². The summed E-state index contributed by atoms with van der Waals surface area (Å²) in [5, 5.41) is 2.70. The van der Waals surface area contributed by atoms with E-state index in [1.54, 1.807) is 31.2 Å². The van der Waals surface area contributed by atoms with Gasteiger partial charge in [-0.25, -0.2) is 9.79 Å². The minimum Gasteiger partial charge on any atom is -0.326 e. The Balaban J connectivity index is 1.97. The number of imide groups is 1. The number of hydrogen-bond donors (Lipinski definition) is 1. The maximum atomic E-state index is 12.1. The van der Waals surface area contributed by atoms with E-state index < -0.39 is 11.9 Å². The van der Waals surface area contributed by atoms with Gasteiger partial charge in [-0.1, -0.05) is 12.1 Å². The Morgan fingerprint density at radius 2 is 2.00 bits per heavy atom. The zero-order valence-electron chi connectivity index (χ0n) is 13.8. The van der Waals surface area contributed by atoms with Crippen LogP contribution in [-0.4, -0.2) is 41.3 Å². The molecule has 1 aromatic rings. The van der Waals surface area contributed by atoms with Crippen molar-refractivity contribution in [3.63, 3.8) is 0 Å². The smallest absolute Gasteiger partial charge is 0.326 e. The number of hydrogen-bond acceptors (Lipinski definition) is 4. The number of ketones is 1. The summed E-state index contributed by atoms with van der Waals surface area (Å²) in [5.74, 6) is -1.27. The highest BCUT2D eigenvalue weighted by Gasteiger charge is 2.33. The Morgan fingerprint density at radius 3 is 2.67 bits per heavy atom. The van der Waals surface area contributed by atoms with Crippen LogP contribution < -0.4 is 5.32 Å². The van der Waals surface area contributed by atoms with Gasteiger partial charge in [0.1, 0.15) is 0 Å². The third-order valence-corrected chi connectivity index (χ3v) is 3.90. The van der Waals surface area contributed by atoms with Gasteiger partial charge in [-0.15, -0.1) is 0 Å². The maximum Gasteiger partial charge on any atom is 0.349 e. The van der Waals surface area contributed by atoms with Crippen LogP contribution in [0.3, 0.4) is 0 Å². The zero-order valence-corrected chi connectivity index (χ0v) is 13.8. The molecule has 1 unspecified atom stereocenters. The fraction of sp³-hybridized carbons (Fsp3) is 0.353. The number of carbonyl (C=O) groups excluding carboxylic acids is 4. The van der Waals surface area contributed by atoms with Crippen molar-refractivity contribution >= 4 is 35.0 Å². The summed E-state index contributed by atoms with van der Waals surface area (Å²) >= 11 is 0. The van der Waals surface area contributed by atoms with Gasteiger partial charge in [0.05, 0.1) is 5.92 Å². The largest absolute Gasteiger partial charge is 0.349 e. The lowest BCUT2D eigenvalue weighted by molar-refractivity contribution is -0.129. The average Bonchev–Trinajstić information content (AvgIpc) is 2.52. The SMILES string of the molecule is CC(=O)c1cccc(NC(=O)CCC2C(=O)N(C)C(=O)N=C2C)c1. The molecule has 0 saturated heterocycles. The normalized spacial score (nSPS) is 17.5. The monoisotopic (exact) mass is 329 g/mol. The molecule has 1 heterocycles. The van der Waals surface area contributed by atoms with Gasteiger partial charge in [-0.05, 0) is 32.4 Å². The summed E-state index contributed by atoms with van der Waals surface area (Å²) in [6.07, 6.45) is 0.375. The second-order valence-corrected chi connectivity index (χ2v) is 5.71. The van der Waals surface area contributed by atoms with E-state index in [4.69, 9.17) is 0 Å². The molecule has 1 atom stereocenters. The number of urea groups is 1. The first kappa shape index (κ1) is 17.5. The van der Waals surface area contributed by atoms with E-state index in [1.165, 1.54) is 14.0 Å². The lowest BCUT2D eigenvalue weighted by atomic mass is 9.95. The van der Waals surface area contributed by atoms with Crippen LogP contribution >= 0.6 is 0 Å². The van der Waals surface area contributed by atoms with Crippen LogP contribution in [0.4, 0.5) is 10.5 Å². The van der Waals surface area contributed by atoms with Gasteiger partial charge in [-0.3, -0.25) is 19.3 Å². The highest BCUT2D eigenvalue weighted by atomic mass is 16.2. The Kier molecular flexibility index (Phi) is 5.23. The van der Waals surface area contributed by atoms with Crippen LogP contribution in [0.15, 0.2) is 29.3 Å². The van der Waals surface area contributed by atoms with Gasteiger partial charge in [0.2, 0.25) is 11.8 Å². The van der Waals surface area contributed by atoms with E-state index in [9.17, 15) is 19.2 Å². The Bertz CT molecular complexity index is 739. The van der Waals surface area contributed by atoms with Gasteiger partial charge in [0.25, 0.3) is 0 Å². The van der Waals surface area contributed by atoms with Crippen LogP contribution in [0.25, 0.3) is 0 Å². The minimum absolute atomic E-state index is 0.0848. The molecule has 0 spiro atoms. The predicted molar refractivity (Wildman–Crippen MR) is 89.1 cm³/mol. The average molecular weight is 329 g/mol. The summed E-state index contributed by atoms with van der Waals surface area (Å²) in [7, 11) is 1.38. The fourth-order valence-corrected chi connectivity index (χ4v) is 2.46. The molecule has 7 nitrogen and oxygen atoms in total. The second-order valence-electron chi connectivity index (χ2n) is 5.71. The summed E-state index contributed by atoms with van der Waals surface area (Å²) in [4.78, 5) is 51.7. The van der Waals surface area contributed by atoms with E-state index in [-0.39, 0.29) is 30.4 Å². The van der Waals surface area contributed by atoms with Crippen LogP contribution in [0, 0.1) is 5.92 Å². The number of Topliss-reactive ketones (excluding diaryl/α,β-unsaturated/α-hetero) is 1. The standard InChI is InChI=1S/C17H19N3O4/c1-10-14(16(23)20(3)17(24)18-10)7-8-15(22)19-13-6-4-5-12(9-13)11(2)21/h4-6,9,14H,7-8H2,1-3H3,(H,19,22). The molecule has 126 valence electrons. The van der Waals surface area contributed by atoms with E-state index in [0.717, 1.165) is 4.90 Å². The number of nitrogens with zero attached hydrogens (tertiary/aromatic N) is 2. The van der Waals surface area contributed by atoms with E-state index in [1.807, 2.05) is 0 Å². The van der Waals surface area contributed by atoms with Crippen LogP contribution in [0.2, 0.25) is 0 Å². The van der Waals surface area contributed by atoms with Gasteiger partial charge < -0.3 is 5.32 Å². The van der Waals surface area contributed by atoms with Gasteiger partial charge in [-0.2, -0.15) is 0 Å². The highest BCUT2D eigenvalue weighted by molar-refractivity contribution is 6.15. The van der Waals surface area contributed by atoms with Crippen molar-refractivity contribution in [1.82, 2.24) is 4.90 Å². The number of carbonyl (C=O) groups is 4. The molecule has 0 aliphatic carbocycles. The number of rotatable bonds is 5. The van der Waals surface area contributed by atoms with E-state index >= 15 is 0 Å². The Morgan fingerprint density at radius 1 is 1.29 bits per heavy atom. The molecule has 1 aliphatic heterocycles. The first-order valence-electron chi connectivity index (χ1n) is 7.57. The first-order chi connectivity index (χ1) is 11.3. The first-order valence-corrected chi connectivity index (χ1v) is 7.57. The van der Waals surface area contributed by atoms with Gasteiger partial charge in [0.15, 0.2) is 5.78 Å². The number of benzene rings is 1. The molecule has 0 aromatic heterocycles. The molecular formula is C17H19N3O4. The summed E-state index contributed by atoms with van der Waals surface area (Å²) in [6, 6.07) is 6.07. The highest BCUT2D eigenvalue weighted by Crippen LogP contribution is 2.19. The molecule has 4 amide bonds. The van der Waals surface area contributed by atoms with Crippen molar-refractivity contribution in [2.45, 2.75) is 26.7 Å². The van der Waals surface area contributed by atoms with Crippen molar-refractivity contribution < 1.29 is 19.2 Å². The molecule has 1 N–H and O–H groups in total. The number of anilines is 1. The molecule has 1 aromatic carbocycles. The van der Waals surface area contributed by atoms with Crippen LogP contribution in [0.1, 0.15) is 37.0 Å². The zero-order chi connectivity index (χ0) is 17.9. The third-order valence-electron chi connectivity index (χ3n) is 3.90. The Labute approximate surface area is 139 Å². The molecule has 0 radical (unpaired) electrons. The van der Waals surface area contributed by atoms with Crippen molar-refractivity contribution in [1.29, 1.82) is 0 Å². The number of nitrogens with one attached hydrogen (secondary N) is 1. The quantitative estimate of drug-likeness (QED) is 0.838. The third kappa shape index (κ3) is 3.92. The lowest BCUT2D eigenvalue weighted by Gasteiger charge is -2.25. The molecule has 0 fully saturated rings. The second kappa shape index (κ2) is 7.16. The number of amides is 4. The molecule has 1 aliphatic rings. The molecule has 7 heteroatoms. The molecule has 0 bridgehead atoms. The molecule has 0 saturated carbocycles. The van der Waals surface area contributed by atoms with Gasteiger partial charge in [0, 0.05) is 30.4 Å². The fourth-order valence-electron chi connectivity index (χ4n) is 2.46. The maximum absolute atomic E-state index is 12.1. The topological polar surface area (TPSA) is 95.9 Å². The molecule has 2 rings (SSSR count). The van der Waals surface area contributed by atoms with Crippen molar-refractivity contribution in [2.75, 3.05) is 12.4 Å². The van der Waals surface area contributed by atoms with E-state index in [0.29, 0.717) is 17.0 Å². The number of aliphatic imine (C=N–C) groups is 1. The Hall–Kier alpha value is -2.83. The summed E-state index contributed by atoms with van der Waals surface area (Å²) in [5.41, 5.74) is 1.47. The molecule has 24 heavy (non-hydrogen) atoms. The van der Waals surface area contributed by atoms with Crippen molar-refractivity contribution in [3.8, 4) is 0 Å². The lowest BCUT2D eigenvalue weighted by Crippen LogP contribution is -2.43. The minimum atomic E-state index is -0.584. The van der Waals surface area contributed by atoms with E-state index in [2.05, 4.69) is 10.3 Å². The van der Waals surface area contributed by atoms with Crippen LogP contribution in [-0.2, 0) is 9.59 Å². The van der Waals surface area contributed by atoms with Crippen molar-refractivity contribution in [2.24, 2.45) is 10.9 Å².